The largest absolute Gasteiger partial charge is 0.502 e. The average Bonchev–Trinajstić information content (AvgIpc) is 1.30. The van der Waals surface area contributed by atoms with Crippen molar-refractivity contribution in [2.75, 3.05) is 6.66 Å². The molecule has 0 saturated carbocycles. The Bertz CT molecular complexity index is 102. The third-order valence-electron chi connectivity index (χ3n) is 0.207. The molecule has 42 valence electrons. The molecule has 6 heteroatoms. The average molecular weight is 143 g/mol. The maximum absolute atomic E-state index is 9.95. The van der Waals surface area contributed by atoms with Gasteiger partial charge >= 0.3 is 16.3 Å². The molecule has 0 radical (unpaired) electrons. The van der Waals surface area contributed by atoms with Crippen molar-refractivity contribution in [2.24, 2.45) is 0 Å². The van der Waals surface area contributed by atoms with Gasteiger partial charge in [-0.15, -0.1) is 0 Å². The number of hydrogen-bond acceptors (Lipinski definition) is 3. The number of hydrogen-bond donors (Lipinski definition) is 1. The van der Waals surface area contributed by atoms with Crippen molar-refractivity contribution in [3.05, 3.63) is 0 Å². The van der Waals surface area contributed by atoms with Crippen LogP contribution >= 0.6 is 16.3 Å². The predicted molar refractivity (Wildman–Crippen MR) is 25.8 cm³/mol. The Balaban J connectivity index is 3.57. The summed E-state index contributed by atoms with van der Waals surface area (Å²) in [4.78, 5) is 8.16. The Kier molecular flexibility index (Phi) is 2.62. The van der Waals surface area contributed by atoms with E-state index in [-0.39, 0.29) is 0 Å². The molecule has 0 bridgehead atoms. The lowest BCUT2D eigenvalue weighted by molar-refractivity contribution is 0.396. The topological polar surface area (TPSA) is 63.6 Å². The first-order chi connectivity index (χ1) is 3.06. The van der Waals surface area contributed by atoms with Gasteiger partial charge in [0.25, 0.3) is 0 Å². The molecule has 4 nitrogen and oxygen atoms in total. The summed E-state index contributed by atoms with van der Waals surface area (Å²) in [5, 5.41) is 0. The first-order valence-electron chi connectivity index (χ1n) is 1.42. The maximum Gasteiger partial charge on any atom is 0.502 e. The molecule has 1 N–H and O–H groups in total. The van der Waals surface area contributed by atoms with Crippen LogP contribution < -0.4 is 0 Å². The molecule has 2 atom stereocenters. The summed E-state index contributed by atoms with van der Waals surface area (Å²) < 4.78 is 23.2. The summed E-state index contributed by atoms with van der Waals surface area (Å²) >= 11 is 0. The van der Waals surface area contributed by atoms with E-state index in [0.717, 1.165) is 6.66 Å². The summed E-state index contributed by atoms with van der Waals surface area (Å²) in [7, 11) is -4.62. The highest BCUT2D eigenvalue weighted by Crippen LogP contribution is 2.40. The minimum Gasteiger partial charge on any atom is -0.322 e. The van der Waals surface area contributed by atoms with E-state index in [0.29, 0.717) is 0 Å². The molecule has 2 unspecified atom stereocenters. The van der Waals surface area contributed by atoms with E-state index >= 15 is 0 Å². The normalized spacial score (nSPS) is 19.1. The molecule has 0 rings (SSSR count). The monoisotopic (exact) mass is 143 g/mol. The molecule has 0 saturated heterocycles. The quantitative estimate of drug-likeness (QED) is 0.579. The van der Waals surface area contributed by atoms with Gasteiger partial charge in [0.1, 0.15) is 0 Å². The molecule has 0 heterocycles. The molecular formula is CH5O4P2+. The molecule has 0 amide bonds. The Morgan fingerprint density at radius 1 is 1.86 bits per heavy atom. The van der Waals surface area contributed by atoms with Gasteiger partial charge in [-0.2, -0.15) is 0 Å². The van der Waals surface area contributed by atoms with E-state index in [1.807, 2.05) is 0 Å². The molecule has 0 spiro atoms. The van der Waals surface area contributed by atoms with Crippen molar-refractivity contribution in [2.45, 2.75) is 0 Å². The van der Waals surface area contributed by atoms with Crippen LogP contribution in [0.1, 0.15) is 0 Å². The standard InChI is InChI=1S/CH4O4P2/c1-7(3,4)5-6-2/h6H,1H3/p+1. The van der Waals surface area contributed by atoms with Gasteiger partial charge in [0.05, 0.1) is 0 Å². The van der Waals surface area contributed by atoms with Crippen LogP contribution in [-0.4, -0.2) is 11.6 Å². The highest BCUT2D eigenvalue weighted by Gasteiger charge is 2.14. The van der Waals surface area contributed by atoms with Crippen LogP contribution in [0, 0.1) is 0 Å². The van der Waals surface area contributed by atoms with Crippen LogP contribution in [-0.2, 0) is 13.4 Å². The van der Waals surface area contributed by atoms with E-state index in [1.165, 1.54) is 0 Å². The minimum atomic E-state index is -3.47. The second-order valence-electron chi connectivity index (χ2n) is 0.978. The molecule has 7 heavy (non-hydrogen) atoms. The highest BCUT2D eigenvalue weighted by atomic mass is 31.2. The lowest BCUT2D eigenvalue weighted by Gasteiger charge is -1.86. The summed E-state index contributed by atoms with van der Waals surface area (Å²) in [6.07, 6.45) is 0. The lowest BCUT2D eigenvalue weighted by Crippen LogP contribution is -1.69. The van der Waals surface area contributed by atoms with Crippen molar-refractivity contribution in [1.82, 2.24) is 0 Å². The van der Waals surface area contributed by atoms with E-state index in [2.05, 4.69) is 4.31 Å². The fraction of sp³-hybridized carbons (Fsp3) is 1.00. The van der Waals surface area contributed by atoms with E-state index in [9.17, 15) is 9.13 Å². The van der Waals surface area contributed by atoms with Gasteiger partial charge in [-0.25, -0.2) is 0 Å². The molecule has 0 aromatic heterocycles. The van der Waals surface area contributed by atoms with Crippen molar-refractivity contribution >= 4 is 16.3 Å². The zero-order valence-corrected chi connectivity index (χ0v) is 5.51. The van der Waals surface area contributed by atoms with Crippen LogP contribution in [0.2, 0.25) is 0 Å². The van der Waals surface area contributed by atoms with Crippen molar-refractivity contribution in [3.8, 4) is 0 Å². The van der Waals surface area contributed by atoms with Gasteiger partial charge in [0, 0.05) is 6.66 Å². The SMILES string of the molecule is CP(=O)(O)O[PH+]=O. The smallest absolute Gasteiger partial charge is 0.322 e. The summed E-state index contributed by atoms with van der Waals surface area (Å²) in [6, 6.07) is 0. The van der Waals surface area contributed by atoms with Crippen molar-refractivity contribution in [1.29, 1.82) is 0 Å². The molecular weight excluding hydrogens is 138 g/mol. The van der Waals surface area contributed by atoms with Crippen molar-refractivity contribution in [3.63, 3.8) is 0 Å². The fourth-order valence-electron chi connectivity index (χ4n) is 0.0691. The molecule has 0 aromatic rings. The summed E-state index contributed by atoms with van der Waals surface area (Å²) in [5.74, 6) is 0. The van der Waals surface area contributed by atoms with E-state index < -0.39 is 16.3 Å². The van der Waals surface area contributed by atoms with Gasteiger partial charge in [-0.05, 0) is 4.57 Å². The molecule has 0 aliphatic rings. The van der Waals surface area contributed by atoms with Crippen LogP contribution in [0.4, 0.5) is 0 Å². The molecule has 0 aromatic carbocycles. The van der Waals surface area contributed by atoms with E-state index in [4.69, 9.17) is 4.89 Å². The third-order valence-corrected chi connectivity index (χ3v) is 1.86. The van der Waals surface area contributed by atoms with Gasteiger partial charge in [-0.3, -0.25) is 4.57 Å². The third kappa shape index (κ3) is 6.25. The Morgan fingerprint density at radius 3 is 2.29 bits per heavy atom. The molecule has 0 fully saturated rings. The van der Waals surface area contributed by atoms with Crippen LogP contribution in [0.5, 0.6) is 0 Å². The first-order valence-corrected chi connectivity index (χ1v) is 4.26. The van der Waals surface area contributed by atoms with Crippen LogP contribution in [0.15, 0.2) is 0 Å². The second kappa shape index (κ2) is 2.53. The second-order valence-corrected chi connectivity index (χ2v) is 3.48. The highest BCUT2D eigenvalue weighted by molar-refractivity contribution is 7.56. The minimum absolute atomic E-state index is 0.970. The van der Waals surface area contributed by atoms with Crippen LogP contribution in [0.25, 0.3) is 0 Å². The van der Waals surface area contributed by atoms with Crippen molar-refractivity contribution < 1.29 is 18.3 Å². The summed E-state index contributed by atoms with van der Waals surface area (Å²) in [6.45, 7) is 0.970. The van der Waals surface area contributed by atoms with Gasteiger partial charge in [-0.1, -0.05) is 4.31 Å². The first kappa shape index (κ1) is 7.25. The molecule has 0 aliphatic heterocycles. The fourth-order valence-corrected chi connectivity index (χ4v) is 0.622. The van der Waals surface area contributed by atoms with Gasteiger partial charge < -0.3 is 4.89 Å². The predicted octanol–water partition coefficient (Wildman–Crippen LogP) is 0.757. The zero-order chi connectivity index (χ0) is 5.91. The number of rotatable bonds is 2. The lowest BCUT2D eigenvalue weighted by atomic mass is 12.0. The van der Waals surface area contributed by atoms with Crippen LogP contribution in [0.3, 0.4) is 0 Å². The maximum atomic E-state index is 9.95. The zero-order valence-electron chi connectivity index (χ0n) is 3.62. The van der Waals surface area contributed by atoms with Gasteiger partial charge in [0.2, 0.25) is 0 Å². The van der Waals surface area contributed by atoms with Gasteiger partial charge in [0.15, 0.2) is 0 Å². The van der Waals surface area contributed by atoms with E-state index in [1.54, 1.807) is 0 Å². The Morgan fingerprint density at radius 2 is 2.29 bits per heavy atom. The Labute approximate surface area is 42.3 Å². The molecule has 0 aliphatic carbocycles. The summed E-state index contributed by atoms with van der Waals surface area (Å²) in [5.41, 5.74) is 0. The Hall–Kier alpha value is 0.250.